The second kappa shape index (κ2) is 4.65. The zero-order valence-electron chi connectivity index (χ0n) is 10.4. The van der Waals surface area contributed by atoms with Crippen LogP contribution in [0.15, 0.2) is 30.6 Å². The third-order valence-corrected chi connectivity index (χ3v) is 4.60. The van der Waals surface area contributed by atoms with E-state index in [1.165, 1.54) is 24.5 Å². The fourth-order valence-corrected chi connectivity index (χ4v) is 2.42. The Hall–Kier alpha value is -1.89. The number of phenolic OH excluding ortho intramolecular Hbond substituents is 1. The van der Waals surface area contributed by atoms with Crippen LogP contribution in [0.4, 0.5) is 4.39 Å². The maximum absolute atomic E-state index is 12.9. The van der Waals surface area contributed by atoms with Crippen molar-refractivity contribution in [3.63, 3.8) is 0 Å². The highest BCUT2D eigenvalue weighted by molar-refractivity contribution is 7.90. The molecule has 5 nitrogen and oxygen atoms in total. The summed E-state index contributed by atoms with van der Waals surface area (Å²) in [6, 6.07) is 3.51. The van der Waals surface area contributed by atoms with E-state index in [2.05, 4.69) is 5.10 Å². The number of halogens is 1. The number of rotatable bonds is 3. The molecule has 102 valence electrons. The number of aromatic nitrogens is 2. The predicted molar refractivity (Wildman–Crippen MR) is 68.7 cm³/mol. The molecule has 2 aromatic rings. The zero-order chi connectivity index (χ0) is 14.2. The van der Waals surface area contributed by atoms with Crippen LogP contribution < -0.4 is 0 Å². The molecule has 0 aliphatic heterocycles. The molecule has 0 fully saturated rings. The van der Waals surface area contributed by atoms with E-state index in [1.54, 1.807) is 13.8 Å². The van der Waals surface area contributed by atoms with Crippen molar-refractivity contribution in [2.24, 2.45) is 0 Å². The lowest BCUT2D eigenvalue weighted by Gasteiger charge is -2.06. The summed E-state index contributed by atoms with van der Waals surface area (Å²) in [5, 5.41) is 12.8. The number of aromatic hydroxyl groups is 1. The molecule has 1 aromatic carbocycles. The monoisotopic (exact) mass is 284 g/mol. The van der Waals surface area contributed by atoms with Gasteiger partial charge in [-0.25, -0.2) is 12.8 Å². The molecule has 1 N–H and O–H groups in total. The van der Waals surface area contributed by atoms with E-state index in [4.69, 9.17) is 0 Å². The van der Waals surface area contributed by atoms with Crippen LogP contribution in [0.3, 0.4) is 0 Å². The minimum absolute atomic E-state index is 0.263. The standard InChI is InChI=1S/C12H13FN2O3S/c1-8(2)19(17,18)15-7-9(6-14-15)11-4-3-10(13)5-12(11)16/h3-8,16H,1-2H3. The van der Waals surface area contributed by atoms with Gasteiger partial charge in [0, 0.05) is 17.2 Å². The smallest absolute Gasteiger partial charge is 0.256 e. The minimum atomic E-state index is -3.54. The molecule has 0 spiro atoms. The van der Waals surface area contributed by atoms with Gasteiger partial charge in [0.1, 0.15) is 11.6 Å². The van der Waals surface area contributed by atoms with Crippen molar-refractivity contribution in [3.8, 4) is 16.9 Å². The number of benzene rings is 1. The first-order chi connectivity index (χ1) is 8.82. The van der Waals surface area contributed by atoms with Crippen LogP contribution in [0.1, 0.15) is 13.8 Å². The Kier molecular flexibility index (Phi) is 3.32. The van der Waals surface area contributed by atoms with Crippen molar-refractivity contribution in [2.45, 2.75) is 19.1 Å². The summed E-state index contributed by atoms with van der Waals surface area (Å²) in [6.45, 7) is 3.10. The lowest BCUT2D eigenvalue weighted by molar-refractivity contribution is 0.471. The Morgan fingerprint density at radius 3 is 2.63 bits per heavy atom. The molecule has 2 rings (SSSR count). The van der Waals surface area contributed by atoms with Crippen LogP contribution in [0.5, 0.6) is 5.75 Å². The van der Waals surface area contributed by atoms with Crippen molar-refractivity contribution in [2.75, 3.05) is 0 Å². The molecule has 0 amide bonds. The van der Waals surface area contributed by atoms with Crippen LogP contribution in [-0.2, 0) is 10.0 Å². The summed E-state index contributed by atoms with van der Waals surface area (Å²) in [4.78, 5) is 0. The molecule has 0 aliphatic rings. The van der Waals surface area contributed by atoms with Crippen molar-refractivity contribution in [3.05, 3.63) is 36.4 Å². The molecule has 7 heteroatoms. The molecule has 19 heavy (non-hydrogen) atoms. The topological polar surface area (TPSA) is 72.2 Å². The van der Waals surface area contributed by atoms with Crippen molar-refractivity contribution in [1.29, 1.82) is 0 Å². The first-order valence-corrected chi connectivity index (χ1v) is 7.10. The number of nitrogens with zero attached hydrogens (tertiary/aromatic N) is 2. The number of phenols is 1. The molecule has 1 aromatic heterocycles. The van der Waals surface area contributed by atoms with Gasteiger partial charge in [0.05, 0.1) is 17.6 Å². The van der Waals surface area contributed by atoms with E-state index in [9.17, 15) is 17.9 Å². The lowest BCUT2D eigenvalue weighted by Crippen LogP contribution is -2.22. The van der Waals surface area contributed by atoms with E-state index < -0.39 is 21.1 Å². The van der Waals surface area contributed by atoms with E-state index >= 15 is 0 Å². The second-order valence-electron chi connectivity index (χ2n) is 4.36. The maximum atomic E-state index is 12.9. The normalized spacial score (nSPS) is 12.0. The summed E-state index contributed by atoms with van der Waals surface area (Å²) in [5.74, 6) is -0.829. The summed E-state index contributed by atoms with van der Waals surface area (Å²) in [7, 11) is -3.54. The summed E-state index contributed by atoms with van der Waals surface area (Å²) < 4.78 is 37.5. The van der Waals surface area contributed by atoms with Gasteiger partial charge in [-0.2, -0.15) is 9.19 Å². The fourth-order valence-electron chi connectivity index (χ4n) is 1.55. The highest BCUT2D eigenvalue weighted by atomic mass is 32.2. The van der Waals surface area contributed by atoms with Gasteiger partial charge in [0.15, 0.2) is 0 Å². The lowest BCUT2D eigenvalue weighted by atomic mass is 10.1. The highest BCUT2D eigenvalue weighted by Crippen LogP contribution is 2.29. The zero-order valence-corrected chi connectivity index (χ0v) is 11.2. The van der Waals surface area contributed by atoms with Crippen molar-refractivity contribution >= 4 is 10.0 Å². The third-order valence-electron chi connectivity index (χ3n) is 2.69. The summed E-state index contributed by atoms with van der Waals surface area (Å²) in [5.41, 5.74) is 0.730. The Bertz CT molecular complexity index is 708. The van der Waals surface area contributed by atoms with E-state index in [0.717, 1.165) is 10.2 Å². The molecule has 0 unspecified atom stereocenters. The molecular weight excluding hydrogens is 271 g/mol. The Morgan fingerprint density at radius 2 is 2.05 bits per heavy atom. The summed E-state index contributed by atoms with van der Waals surface area (Å²) >= 11 is 0. The molecular formula is C12H13FN2O3S. The first kappa shape index (κ1) is 13.5. The van der Waals surface area contributed by atoms with E-state index in [-0.39, 0.29) is 5.75 Å². The van der Waals surface area contributed by atoms with Crippen LogP contribution in [0, 0.1) is 5.82 Å². The molecule has 0 saturated carbocycles. The molecule has 0 saturated heterocycles. The first-order valence-electron chi connectivity index (χ1n) is 5.60. The Balaban J connectivity index is 2.47. The Morgan fingerprint density at radius 1 is 1.37 bits per heavy atom. The van der Waals surface area contributed by atoms with Gasteiger partial charge in [-0.15, -0.1) is 0 Å². The van der Waals surface area contributed by atoms with Crippen LogP contribution >= 0.6 is 0 Å². The van der Waals surface area contributed by atoms with Crippen molar-refractivity contribution in [1.82, 2.24) is 9.19 Å². The minimum Gasteiger partial charge on any atom is -0.507 e. The van der Waals surface area contributed by atoms with Crippen LogP contribution in [0.2, 0.25) is 0 Å². The van der Waals surface area contributed by atoms with Gasteiger partial charge in [-0.05, 0) is 26.0 Å². The fraction of sp³-hybridized carbons (Fsp3) is 0.250. The van der Waals surface area contributed by atoms with Gasteiger partial charge in [-0.1, -0.05) is 0 Å². The second-order valence-corrected chi connectivity index (χ2v) is 6.70. The van der Waals surface area contributed by atoms with Gasteiger partial charge < -0.3 is 5.11 Å². The van der Waals surface area contributed by atoms with Gasteiger partial charge >= 0.3 is 0 Å². The largest absolute Gasteiger partial charge is 0.507 e. The van der Waals surface area contributed by atoms with Crippen molar-refractivity contribution < 1.29 is 17.9 Å². The van der Waals surface area contributed by atoms with Crippen LogP contribution in [0.25, 0.3) is 11.1 Å². The number of hydrogen-bond acceptors (Lipinski definition) is 4. The number of hydrogen-bond donors (Lipinski definition) is 1. The third kappa shape index (κ3) is 2.46. The van der Waals surface area contributed by atoms with Gasteiger partial charge in [0.2, 0.25) is 0 Å². The SMILES string of the molecule is CC(C)S(=O)(=O)n1cc(-c2ccc(F)cc2O)cn1. The van der Waals surface area contributed by atoms with Gasteiger partial charge in [0.25, 0.3) is 10.0 Å². The highest BCUT2D eigenvalue weighted by Gasteiger charge is 2.20. The quantitative estimate of drug-likeness (QED) is 0.935. The van der Waals surface area contributed by atoms with Crippen LogP contribution in [-0.4, -0.2) is 28.0 Å². The molecule has 0 aliphatic carbocycles. The predicted octanol–water partition coefficient (Wildman–Crippen LogP) is 1.98. The summed E-state index contributed by atoms with van der Waals surface area (Å²) in [6.07, 6.45) is 2.61. The molecule has 1 heterocycles. The molecule has 0 atom stereocenters. The molecule has 0 bridgehead atoms. The van der Waals surface area contributed by atoms with E-state index in [0.29, 0.717) is 11.1 Å². The van der Waals surface area contributed by atoms with E-state index in [1.807, 2.05) is 0 Å². The molecule has 0 radical (unpaired) electrons. The Labute approximate surface area is 110 Å². The maximum Gasteiger partial charge on any atom is 0.256 e. The average Bonchev–Trinajstić information content (AvgIpc) is 2.78. The van der Waals surface area contributed by atoms with Gasteiger partial charge in [-0.3, -0.25) is 0 Å². The average molecular weight is 284 g/mol.